The molecule has 7 nitrogen and oxygen atoms in total. The van der Waals surface area contributed by atoms with Crippen LogP contribution in [0, 0.1) is 0 Å². The van der Waals surface area contributed by atoms with Gasteiger partial charge in [-0.25, -0.2) is 9.59 Å². The first-order valence-corrected chi connectivity index (χ1v) is 8.90. The summed E-state index contributed by atoms with van der Waals surface area (Å²) in [6.45, 7) is -0.499. The Morgan fingerprint density at radius 1 is 1.00 bits per heavy atom. The second kappa shape index (κ2) is 10.3. The molecule has 0 heterocycles. The van der Waals surface area contributed by atoms with E-state index in [0.29, 0.717) is 0 Å². The Labute approximate surface area is 165 Å². The standard InChI is InChI=1S/C19H19BrN2O5/c20-15-8-4-7-14(9-15)10-16(18(24)26-12-17(21)23)22-19(25)27-11-13-5-2-1-3-6-13/h1-9,16H,10-12H2,(H2,21,23)(H,22,25)/t16-/m0/s1. The van der Waals surface area contributed by atoms with Gasteiger partial charge in [0.2, 0.25) is 0 Å². The highest BCUT2D eigenvalue weighted by atomic mass is 79.9. The summed E-state index contributed by atoms with van der Waals surface area (Å²) in [4.78, 5) is 35.2. The van der Waals surface area contributed by atoms with Gasteiger partial charge < -0.3 is 20.5 Å². The van der Waals surface area contributed by atoms with E-state index in [-0.39, 0.29) is 13.0 Å². The van der Waals surface area contributed by atoms with Gasteiger partial charge in [-0.15, -0.1) is 0 Å². The van der Waals surface area contributed by atoms with Crippen molar-refractivity contribution in [1.29, 1.82) is 0 Å². The van der Waals surface area contributed by atoms with Crippen LogP contribution in [0.1, 0.15) is 11.1 Å². The molecule has 3 N–H and O–H groups in total. The van der Waals surface area contributed by atoms with Crippen molar-refractivity contribution in [3.8, 4) is 0 Å². The monoisotopic (exact) mass is 434 g/mol. The number of hydrogen-bond acceptors (Lipinski definition) is 5. The molecule has 0 aliphatic carbocycles. The Kier molecular flexibility index (Phi) is 7.81. The van der Waals surface area contributed by atoms with Gasteiger partial charge >= 0.3 is 12.1 Å². The van der Waals surface area contributed by atoms with Gasteiger partial charge in [0.05, 0.1) is 0 Å². The molecule has 0 saturated heterocycles. The third-order valence-electron chi connectivity index (χ3n) is 3.47. The average molecular weight is 435 g/mol. The van der Waals surface area contributed by atoms with Gasteiger partial charge in [-0.1, -0.05) is 58.4 Å². The molecule has 0 aliphatic rings. The molecule has 142 valence electrons. The maximum atomic E-state index is 12.2. The van der Waals surface area contributed by atoms with E-state index in [4.69, 9.17) is 15.2 Å². The quantitative estimate of drug-likeness (QED) is 0.619. The molecule has 0 unspecified atom stereocenters. The Bertz CT molecular complexity index is 798. The molecule has 27 heavy (non-hydrogen) atoms. The predicted molar refractivity (Wildman–Crippen MR) is 102 cm³/mol. The van der Waals surface area contributed by atoms with Crippen LogP contribution >= 0.6 is 15.9 Å². The highest BCUT2D eigenvalue weighted by Gasteiger charge is 2.24. The number of esters is 1. The normalized spacial score (nSPS) is 11.3. The van der Waals surface area contributed by atoms with Crippen molar-refractivity contribution in [2.45, 2.75) is 19.1 Å². The molecule has 2 aromatic rings. The molecule has 2 rings (SSSR count). The summed E-state index contributed by atoms with van der Waals surface area (Å²) < 4.78 is 10.8. The largest absolute Gasteiger partial charge is 0.454 e. The molecule has 0 spiro atoms. The van der Waals surface area contributed by atoms with Gasteiger partial charge in [0.1, 0.15) is 12.6 Å². The van der Waals surface area contributed by atoms with Crippen molar-refractivity contribution in [2.75, 3.05) is 6.61 Å². The van der Waals surface area contributed by atoms with Gasteiger partial charge in [-0.3, -0.25) is 4.79 Å². The minimum Gasteiger partial charge on any atom is -0.454 e. The number of amides is 2. The summed E-state index contributed by atoms with van der Waals surface area (Å²) in [5.41, 5.74) is 6.59. The number of primary amides is 1. The SMILES string of the molecule is NC(=O)COC(=O)[C@H](Cc1cccc(Br)c1)NC(=O)OCc1ccccc1. The van der Waals surface area contributed by atoms with Crippen LogP contribution in [0.5, 0.6) is 0 Å². The van der Waals surface area contributed by atoms with Crippen LogP contribution in [0.4, 0.5) is 4.79 Å². The van der Waals surface area contributed by atoms with E-state index in [1.807, 2.05) is 42.5 Å². The van der Waals surface area contributed by atoms with Crippen molar-refractivity contribution in [3.05, 3.63) is 70.2 Å². The number of ether oxygens (including phenoxy) is 2. The summed E-state index contributed by atoms with van der Waals surface area (Å²) in [5, 5.41) is 2.48. The van der Waals surface area contributed by atoms with E-state index in [0.717, 1.165) is 15.6 Å². The maximum absolute atomic E-state index is 12.2. The zero-order valence-corrected chi connectivity index (χ0v) is 16.0. The van der Waals surface area contributed by atoms with E-state index >= 15 is 0 Å². The highest BCUT2D eigenvalue weighted by Crippen LogP contribution is 2.14. The Balaban J connectivity index is 2.00. The Morgan fingerprint density at radius 3 is 2.37 bits per heavy atom. The molecule has 0 fully saturated rings. The molecule has 0 bridgehead atoms. The van der Waals surface area contributed by atoms with Crippen molar-refractivity contribution < 1.29 is 23.9 Å². The Morgan fingerprint density at radius 2 is 1.70 bits per heavy atom. The lowest BCUT2D eigenvalue weighted by molar-refractivity contribution is -0.149. The van der Waals surface area contributed by atoms with Crippen LogP contribution in [0.3, 0.4) is 0 Å². The molecule has 1 atom stereocenters. The highest BCUT2D eigenvalue weighted by molar-refractivity contribution is 9.10. The number of carbonyl (C=O) groups is 3. The first-order valence-electron chi connectivity index (χ1n) is 8.10. The molecule has 0 aliphatic heterocycles. The zero-order chi connectivity index (χ0) is 19.6. The fourth-order valence-electron chi connectivity index (χ4n) is 2.24. The smallest absolute Gasteiger partial charge is 0.408 e. The summed E-state index contributed by atoms with van der Waals surface area (Å²) in [6, 6.07) is 15.4. The lowest BCUT2D eigenvalue weighted by atomic mass is 10.1. The lowest BCUT2D eigenvalue weighted by Gasteiger charge is -2.17. The van der Waals surface area contributed by atoms with E-state index in [1.54, 1.807) is 12.1 Å². The number of nitrogens with one attached hydrogen (secondary N) is 1. The lowest BCUT2D eigenvalue weighted by Crippen LogP contribution is -2.44. The molecule has 0 radical (unpaired) electrons. The van der Waals surface area contributed by atoms with Crippen LogP contribution in [0.25, 0.3) is 0 Å². The molecule has 0 saturated carbocycles. The third-order valence-corrected chi connectivity index (χ3v) is 3.97. The van der Waals surface area contributed by atoms with Crippen LogP contribution < -0.4 is 11.1 Å². The predicted octanol–water partition coefficient (Wildman–Crippen LogP) is 2.32. The van der Waals surface area contributed by atoms with Crippen molar-refractivity contribution >= 4 is 33.9 Å². The minimum atomic E-state index is -1.03. The van der Waals surface area contributed by atoms with Crippen LogP contribution in [0.15, 0.2) is 59.1 Å². The molecule has 0 aromatic heterocycles. The molecule has 2 amide bonds. The number of hydrogen-bond donors (Lipinski definition) is 2. The van der Waals surface area contributed by atoms with E-state index in [2.05, 4.69) is 21.2 Å². The van der Waals surface area contributed by atoms with Gasteiger partial charge in [-0.2, -0.15) is 0 Å². The van der Waals surface area contributed by atoms with Crippen molar-refractivity contribution in [3.63, 3.8) is 0 Å². The van der Waals surface area contributed by atoms with E-state index in [1.165, 1.54) is 0 Å². The first kappa shape index (κ1) is 20.4. The fraction of sp³-hybridized carbons (Fsp3) is 0.211. The van der Waals surface area contributed by atoms with Crippen molar-refractivity contribution in [2.24, 2.45) is 5.73 Å². The number of rotatable bonds is 8. The number of alkyl carbamates (subject to hydrolysis) is 1. The summed E-state index contributed by atoms with van der Waals surface area (Å²) in [5.74, 6) is -1.55. The number of nitrogens with two attached hydrogens (primary N) is 1. The second-order valence-corrected chi connectivity index (χ2v) is 6.58. The van der Waals surface area contributed by atoms with Gasteiger partial charge in [0.25, 0.3) is 5.91 Å². The van der Waals surface area contributed by atoms with Crippen LogP contribution in [-0.2, 0) is 32.1 Å². The van der Waals surface area contributed by atoms with Crippen LogP contribution in [0.2, 0.25) is 0 Å². The first-order chi connectivity index (χ1) is 12.9. The maximum Gasteiger partial charge on any atom is 0.408 e. The van der Waals surface area contributed by atoms with Gasteiger partial charge in [-0.05, 0) is 23.3 Å². The minimum absolute atomic E-state index is 0.0621. The van der Waals surface area contributed by atoms with Gasteiger partial charge in [0.15, 0.2) is 6.61 Å². The van der Waals surface area contributed by atoms with Crippen LogP contribution in [-0.4, -0.2) is 30.6 Å². The molecular formula is C19H19BrN2O5. The molecule has 8 heteroatoms. The van der Waals surface area contributed by atoms with Crippen molar-refractivity contribution in [1.82, 2.24) is 5.32 Å². The zero-order valence-electron chi connectivity index (χ0n) is 14.4. The second-order valence-electron chi connectivity index (χ2n) is 5.67. The number of halogens is 1. The van der Waals surface area contributed by atoms with E-state index < -0.39 is 30.6 Å². The summed E-state index contributed by atoms with van der Waals surface area (Å²) in [7, 11) is 0. The average Bonchev–Trinajstić information content (AvgIpc) is 2.65. The third kappa shape index (κ3) is 7.49. The Hall–Kier alpha value is -2.87. The fourth-order valence-corrected chi connectivity index (χ4v) is 2.69. The van der Waals surface area contributed by atoms with Gasteiger partial charge in [0, 0.05) is 10.9 Å². The number of carbonyl (C=O) groups excluding carboxylic acids is 3. The summed E-state index contributed by atoms with van der Waals surface area (Å²) >= 11 is 3.35. The topological polar surface area (TPSA) is 108 Å². The summed E-state index contributed by atoms with van der Waals surface area (Å²) in [6.07, 6.45) is -0.604. The van der Waals surface area contributed by atoms with E-state index in [9.17, 15) is 14.4 Å². The molecular weight excluding hydrogens is 416 g/mol. The molecule has 2 aromatic carbocycles. The number of benzene rings is 2.